The molecule has 1 saturated carbocycles. The van der Waals surface area contributed by atoms with Crippen molar-refractivity contribution < 1.29 is 4.74 Å². The molecule has 1 aliphatic carbocycles. The van der Waals surface area contributed by atoms with Crippen molar-refractivity contribution >= 4 is 11.6 Å². The Morgan fingerprint density at radius 1 is 1.40 bits per heavy atom. The third kappa shape index (κ3) is 2.64. The molecule has 0 aliphatic heterocycles. The number of halogens is 1. The Morgan fingerprint density at radius 2 is 2.07 bits per heavy atom. The SMILES string of the molecule is CC(C)(N)c1ccc(OC2CC2)c(Cl)c1. The van der Waals surface area contributed by atoms with E-state index in [0.717, 1.165) is 24.2 Å². The van der Waals surface area contributed by atoms with Crippen LogP contribution in [0.3, 0.4) is 0 Å². The fraction of sp³-hybridized carbons (Fsp3) is 0.500. The molecule has 0 aromatic heterocycles. The first-order chi connectivity index (χ1) is 6.97. The van der Waals surface area contributed by atoms with Crippen molar-refractivity contribution in [2.75, 3.05) is 0 Å². The Bertz CT molecular complexity index is 366. The summed E-state index contributed by atoms with van der Waals surface area (Å²) in [4.78, 5) is 0. The molecule has 0 amide bonds. The molecule has 82 valence electrons. The van der Waals surface area contributed by atoms with Gasteiger partial charge in [0.15, 0.2) is 0 Å². The van der Waals surface area contributed by atoms with E-state index in [1.165, 1.54) is 0 Å². The van der Waals surface area contributed by atoms with E-state index in [0.29, 0.717) is 11.1 Å². The molecule has 15 heavy (non-hydrogen) atoms. The summed E-state index contributed by atoms with van der Waals surface area (Å²) in [6.45, 7) is 3.92. The highest BCUT2D eigenvalue weighted by Gasteiger charge is 2.25. The molecule has 0 spiro atoms. The minimum absolute atomic E-state index is 0.359. The number of hydrogen-bond acceptors (Lipinski definition) is 2. The first kappa shape index (κ1) is 10.8. The minimum atomic E-state index is -0.359. The van der Waals surface area contributed by atoms with Gasteiger partial charge in [0.05, 0.1) is 11.1 Å². The maximum Gasteiger partial charge on any atom is 0.138 e. The lowest BCUT2D eigenvalue weighted by Gasteiger charge is -2.20. The summed E-state index contributed by atoms with van der Waals surface area (Å²) in [6, 6.07) is 5.77. The van der Waals surface area contributed by atoms with E-state index in [2.05, 4.69) is 0 Å². The Balaban J connectivity index is 2.21. The summed E-state index contributed by atoms with van der Waals surface area (Å²) in [5.41, 5.74) is 6.65. The summed E-state index contributed by atoms with van der Waals surface area (Å²) >= 11 is 6.13. The standard InChI is InChI=1S/C12H16ClNO/c1-12(2,14)8-3-6-11(10(13)7-8)15-9-4-5-9/h3,6-7,9H,4-5,14H2,1-2H3. The second-order valence-corrected chi connectivity index (χ2v) is 5.09. The number of ether oxygens (including phenoxy) is 1. The zero-order chi connectivity index (χ0) is 11.1. The van der Waals surface area contributed by atoms with E-state index in [-0.39, 0.29) is 5.54 Å². The van der Waals surface area contributed by atoms with Gasteiger partial charge in [-0.3, -0.25) is 0 Å². The molecule has 2 nitrogen and oxygen atoms in total. The summed E-state index contributed by atoms with van der Waals surface area (Å²) in [5.74, 6) is 0.771. The largest absolute Gasteiger partial charge is 0.489 e. The molecule has 1 aromatic rings. The zero-order valence-electron chi connectivity index (χ0n) is 9.09. The van der Waals surface area contributed by atoms with Gasteiger partial charge in [-0.25, -0.2) is 0 Å². The number of benzene rings is 1. The number of nitrogens with two attached hydrogens (primary N) is 1. The molecule has 0 heterocycles. The van der Waals surface area contributed by atoms with Crippen molar-refractivity contribution in [2.45, 2.75) is 38.3 Å². The van der Waals surface area contributed by atoms with Gasteiger partial charge in [-0.1, -0.05) is 17.7 Å². The molecule has 0 bridgehead atoms. The molecule has 1 aromatic carbocycles. The Hall–Kier alpha value is -0.730. The molecule has 0 radical (unpaired) electrons. The molecule has 3 heteroatoms. The summed E-state index contributed by atoms with van der Waals surface area (Å²) in [5, 5.41) is 0.651. The lowest BCUT2D eigenvalue weighted by atomic mass is 9.96. The highest BCUT2D eigenvalue weighted by molar-refractivity contribution is 6.32. The number of hydrogen-bond donors (Lipinski definition) is 1. The highest BCUT2D eigenvalue weighted by atomic mass is 35.5. The van der Waals surface area contributed by atoms with Crippen LogP contribution in [0.2, 0.25) is 5.02 Å². The van der Waals surface area contributed by atoms with Gasteiger partial charge in [-0.15, -0.1) is 0 Å². The van der Waals surface area contributed by atoms with E-state index in [4.69, 9.17) is 22.1 Å². The van der Waals surface area contributed by atoms with Crippen LogP contribution in [0.25, 0.3) is 0 Å². The average Bonchev–Trinajstić information content (AvgIpc) is 2.90. The maximum atomic E-state index is 6.13. The smallest absolute Gasteiger partial charge is 0.138 e. The summed E-state index contributed by atoms with van der Waals surface area (Å²) in [7, 11) is 0. The Labute approximate surface area is 95.4 Å². The van der Waals surface area contributed by atoms with Crippen LogP contribution in [-0.4, -0.2) is 6.10 Å². The first-order valence-corrected chi connectivity index (χ1v) is 5.60. The molecule has 0 unspecified atom stereocenters. The van der Waals surface area contributed by atoms with Crippen LogP contribution >= 0.6 is 11.6 Å². The normalized spacial score (nSPS) is 16.5. The van der Waals surface area contributed by atoms with Crippen LogP contribution in [0.4, 0.5) is 0 Å². The van der Waals surface area contributed by atoms with Gasteiger partial charge < -0.3 is 10.5 Å². The molecule has 1 fully saturated rings. The Morgan fingerprint density at radius 3 is 2.53 bits per heavy atom. The fourth-order valence-electron chi connectivity index (χ4n) is 1.36. The van der Waals surface area contributed by atoms with Gasteiger partial charge in [0.2, 0.25) is 0 Å². The highest BCUT2D eigenvalue weighted by Crippen LogP contribution is 2.33. The van der Waals surface area contributed by atoms with Gasteiger partial charge in [-0.2, -0.15) is 0 Å². The molecule has 2 N–H and O–H groups in total. The van der Waals surface area contributed by atoms with Gasteiger partial charge in [0.1, 0.15) is 5.75 Å². The van der Waals surface area contributed by atoms with Gasteiger partial charge in [0.25, 0.3) is 0 Å². The van der Waals surface area contributed by atoms with Crippen LogP contribution in [0.1, 0.15) is 32.3 Å². The summed E-state index contributed by atoms with van der Waals surface area (Å²) in [6.07, 6.45) is 2.65. The molecular formula is C12H16ClNO. The third-order valence-corrected chi connectivity index (χ3v) is 2.79. The van der Waals surface area contributed by atoms with E-state index >= 15 is 0 Å². The summed E-state index contributed by atoms with van der Waals surface area (Å²) < 4.78 is 5.65. The molecule has 2 rings (SSSR count). The second kappa shape index (κ2) is 3.69. The van der Waals surface area contributed by atoms with E-state index in [1.807, 2.05) is 32.0 Å². The van der Waals surface area contributed by atoms with Gasteiger partial charge in [0, 0.05) is 5.54 Å². The van der Waals surface area contributed by atoms with Crippen LogP contribution < -0.4 is 10.5 Å². The lowest BCUT2D eigenvalue weighted by molar-refractivity contribution is 0.303. The maximum absolute atomic E-state index is 6.13. The van der Waals surface area contributed by atoms with Crippen molar-refractivity contribution in [2.24, 2.45) is 5.73 Å². The third-order valence-electron chi connectivity index (χ3n) is 2.49. The minimum Gasteiger partial charge on any atom is -0.489 e. The molecule has 0 atom stereocenters. The topological polar surface area (TPSA) is 35.2 Å². The van der Waals surface area contributed by atoms with Crippen molar-refractivity contribution in [1.29, 1.82) is 0 Å². The van der Waals surface area contributed by atoms with E-state index in [1.54, 1.807) is 0 Å². The van der Waals surface area contributed by atoms with Crippen molar-refractivity contribution in [3.8, 4) is 5.75 Å². The van der Waals surface area contributed by atoms with Gasteiger partial charge >= 0.3 is 0 Å². The van der Waals surface area contributed by atoms with Gasteiger partial charge in [-0.05, 0) is 44.4 Å². The lowest BCUT2D eigenvalue weighted by Crippen LogP contribution is -2.28. The average molecular weight is 226 g/mol. The van der Waals surface area contributed by atoms with Crippen molar-refractivity contribution in [3.05, 3.63) is 28.8 Å². The second-order valence-electron chi connectivity index (χ2n) is 4.68. The number of rotatable bonds is 3. The first-order valence-electron chi connectivity index (χ1n) is 5.22. The van der Waals surface area contributed by atoms with E-state index < -0.39 is 0 Å². The van der Waals surface area contributed by atoms with Crippen molar-refractivity contribution in [3.63, 3.8) is 0 Å². The van der Waals surface area contributed by atoms with Crippen LogP contribution in [0.15, 0.2) is 18.2 Å². The molecular weight excluding hydrogens is 210 g/mol. The van der Waals surface area contributed by atoms with Crippen molar-refractivity contribution in [1.82, 2.24) is 0 Å². The predicted octanol–water partition coefficient (Wildman–Crippen LogP) is 3.08. The van der Waals surface area contributed by atoms with Crippen LogP contribution in [0.5, 0.6) is 5.75 Å². The van der Waals surface area contributed by atoms with Crippen LogP contribution in [-0.2, 0) is 5.54 Å². The molecule has 0 saturated heterocycles. The zero-order valence-corrected chi connectivity index (χ0v) is 9.84. The van der Waals surface area contributed by atoms with E-state index in [9.17, 15) is 0 Å². The fourth-order valence-corrected chi connectivity index (χ4v) is 1.59. The Kier molecular flexibility index (Phi) is 2.65. The quantitative estimate of drug-likeness (QED) is 0.858. The monoisotopic (exact) mass is 225 g/mol. The molecule has 1 aliphatic rings. The predicted molar refractivity (Wildman–Crippen MR) is 62.3 cm³/mol. The van der Waals surface area contributed by atoms with Crippen LogP contribution in [0, 0.1) is 0 Å².